The number of nitrogens with zero attached hydrogens (tertiary/aromatic N) is 1. The van der Waals surface area contributed by atoms with Gasteiger partial charge in [-0.15, -0.1) is 6.58 Å². The van der Waals surface area contributed by atoms with Gasteiger partial charge in [0, 0.05) is 22.1 Å². The number of amides is 1. The number of carbonyl (C=O) groups excluding carboxylic acids is 2. The van der Waals surface area contributed by atoms with Crippen LogP contribution in [-0.4, -0.2) is 23.3 Å². The smallest absolute Gasteiger partial charge is 0.264 e. The predicted octanol–water partition coefficient (Wildman–Crippen LogP) is 4.37. The number of aliphatic hydroxyl groups is 1. The molecule has 0 saturated carbocycles. The fourth-order valence-corrected chi connectivity index (χ4v) is 3.95. The SMILES string of the molecule is C=CCN1C(=O)[C@](O)(CC(=O)c2cc(C)c(C)cc2C)c2cc(Br)ccc21. The monoisotopic (exact) mass is 427 g/mol. The van der Waals surface area contributed by atoms with Crippen LogP contribution in [0.4, 0.5) is 5.69 Å². The molecule has 1 N–H and O–H groups in total. The summed E-state index contributed by atoms with van der Waals surface area (Å²) in [5.74, 6) is -0.747. The second-order valence-corrected chi connectivity index (χ2v) is 7.99. The number of fused-ring (bicyclic) bond motifs is 1. The topological polar surface area (TPSA) is 57.6 Å². The van der Waals surface area contributed by atoms with E-state index in [2.05, 4.69) is 22.5 Å². The van der Waals surface area contributed by atoms with Crippen molar-refractivity contribution in [3.05, 3.63) is 75.3 Å². The molecular formula is C22H22BrNO3. The number of anilines is 1. The highest BCUT2D eigenvalue weighted by Crippen LogP contribution is 2.44. The number of carbonyl (C=O) groups is 2. The van der Waals surface area contributed by atoms with Crippen molar-refractivity contribution in [3.8, 4) is 0 Å². The lowest BCUT2D eigenvalue weighted by Crippen LogP contribution is -2.42. The molecule has 27 heavy (non-hydrogen) atoms. The van der Waals surface area contributed by atoms with E-state index in [9.17, 15) is 14.7 Å². The summed E-state index contributed by atoms with van der Waals surface area (Å²) in [7, 11) is 0. The van der Waals surface area contributed by atoms with E-state index in [4.69, 9.17) is 0 Å². The number of halogens is 1. The van der Waals surface area contributed by atoms with E-state index in [1.54, 1.807) is 18.2 Å². The number of hydrogen-bond donors (Lipinski definition) is 1. The van der Waals surface area contributed by atoms with Crippen molar-refractivity contribution >= 4 is 33.3 Å². The van der Waals surface area contributed by atoms with Gasteiger partial charge in [-0.2, -0.15) is 0 Å². The van der Waals surface area contributed by atoms with Crippen LogP contribution < -0.4 is 4.90 Å². The number of rotatable bonds is 5. The highest BCUT2D eigenvalue weighted by Gasteiger charge is 2.50. The minimum atomic E-state index is -1.88. The molecule has 140 valence electrons. The lowest BCUT2D eigenvalue weighted by atomic mass is 9.86. The number of Topliss-reactive ketones (excluding diaryl/α,β-unsaturated/α-hetero) is 1. The van der Waals surface area contributed by atoms with E-state index in [-0.39, 0.29) is 18.7 Å². The Morgan fingerprint density at radius 1 is 1.19 bits per heavy atom. The first-order chi connectivity index (χ1) is 12.7. The van der Waals surface area contributed by atoms with Crippen LogP contribution in [-0.2, 0) is 10.4 Å². The van der Waals surface area contributed by atoms with Crippen LogP contribution in [0.1, 0.15) is 39.0 Å². The molecule has 0 unspecified atom stereocenters. The number of hydrogen-bond acceptors (Lipinski definition) is 3. The maximum atomic E-state index is 13.0. The summed E-state index contributed by atoms with van der Waals surface area (Å²) >= 11 is 3.39. The Morgan fingerprint density at radius 3 is 2.52 bits per heavy atom. The lowest BCUT2D eigenvalue weighted by molar-refractivity contribution is -0.135. The van der Waals surface area contributed by atoms with E-state index in [0.717, 1.165) is 21.2 Å². The molecule has 0 spiro atoms. The average Bonchev–Trinajstić information content (AvgIpc) is 2.80. The zero-order valence-corrected chi connectivity index (χ0v) is 17.3. The molecule has 1 atom stereocenters. The first-order valence-corrected chi connectivity index (χ1v) is 9.54. The normalized spacial score (nSPS) is 18.6. The largest absolute Gasteiger partial charge is 0.375 e. The Morgan fingerprint density at radius 2 is 1.85 bits per heavy atom. The molecule has 1 aliphatic heterocycles. The minimum absolute atomic E-state index is 0.252. The Bertz CT molecular complexity index is 966. The molecule has 1 heterocycles. The molecule has 5 heteroatoms. The van der Waals surface area contributed by atoms with E-state index in [0.29, 0.717) is 16.8 Å². The van der Waals surface area contributed by atoms with Crippen LogP contribution in [0, 0.1) is 20.8 Å². The highest BCUT2D eigenvalue weighted by molar-refractivity contribution is 9.10. The van der Waals surface area contributed by atoms with Gasteiger partial charge in [0.15, 0.2) is 11.4 Å². The summed E-state index contributed by atoms with van der Waals surface area (Å²) in [5, 5.41) is 11.3. The summed E-state index contributed by atoms with van der Waals surface area (Å²) in [6.45, 7) is 9.76. The van der Waals surface area contributed by atoms with Gasteiger partial charge in [0.2, 0.25) is 0 Å². The van der Waals surface area contributed by atoms with Gasteiger partial charge in [-0.1, -0.05) is 28.1 Å². The summed E-state index contributed by atoms with van der Waals surface area (Å²) in [6.07, 6.45) is 1.30. The zero-order valence-electron chi connectivity index (χ0n) is 15.7. The van der Waals surface area contributed by atoms with Crippen LogP contribution >= 0.6 is 15.9 Å². The van der Waals surface area contributed by atoms with Crippen molar-refractivity contribution in [3.63, 3.8) is 0 Å². The quantitative estimate of drug-likeness (QED) is 0.569. The van der Waals surface area contributed by atoms with Crippen molar-refractivity contribution in [2.45, 2.75) is 32.8 Å². The Kier molecular flexibility index (Phi) is 5.10. The van der Waals surface area contributed by atoms with Gasteiger partial charge in [-0.25, -0.2) is 0 Å². The lowest BCUT2D eigenvalue weighted by Gasteiger charge is -2.22. The van der Waals surface area contributed by atoms with E-state index in [1.165, 1.54) is 4.90 Å². The standard InChI is InChI=1S/C22H22BrNO3/c1-5-8-24-19-7-6-16(23)11-18(19)22(27,21(24)26)12-20(25)17-10-14(3)13(2)9-15(17)4/h5-7,9-11,27H,1,8,12H2,2-4H3/t22-/m0/s1. The summed E-state index contributed by atoms with van der Waals surface area (Å²) in [5.41, 5.74) is 2.65. The Hall–Kier alpha value is -2.24. The van der Waals surface area contributed by atoms with Crippen molar-refractivity contribution in [1.29, 1.82) is 0 Å². The van der Waals surface area contributed by atoms with Gasteiger partial charge in [0.05, 0.1) is 12.1 Å². The summed E-state index contributed by atoms with van der Waals surface area (Å²) in [6, 6.07) is 9.07. The van der Waals surface area contributed by atoms with Gasteiger partial charge in [-0.3, -0.25) is 9.59 Å². The van der Waals surface area contributed by atoms with Gasteiger partial charge < -0.3 is 10.0 Å². The molecule has 0 fully saturated rings. The third-order valence-corrected chi connectivity index (χ3v) is 5.66. The maximum absolute atomic E-state index is 13.0. The first kappa shape index (κ1) is 19.5. The van der Waals surface area contributed by atoms with Crippen molar-refractivity contribution in [1.82, 2.24) is 0 Å². The van der Waals surface area contributed by atoms with Crippen LogP contribution in [0.25, 0.3) is 0 Å². The van der Waals surface area contributed by atoms with E-state index >= 15 is 0 Å². The van der Waals surface area contributed by atoms with Gasteiger partial charge in [0.1, 0.15) is 0 Å². The van der Waals surface area contributed by atoms with Crippen molar-refractivity contribution in [2.75, 3.05) is 11.4 Å². The Balaban J connectivity index is 2.04. The molecular weight excluding hydrogens is 406 g/mol. The van der Waals surface area contributed by atoms with Crippen LogP contribution in [0.2, 0.25) is 0 Å². The third-order valence-electron chi connectivity index (χ3n) is 5.16. The highest BCUT2D eigenvalue weighted by atomic mass is 79.9. The molecule has 3 rings (SSSR count). The molecule has 4 nitrogen and oxygen atoms in total. The molecule has 0 saturated heterocycles. The van der Waals surface area contributed by atoms with Crippen LogP contribution in [0.3, 0.4) is 0 Å². The summed E-state index contributed by atoms with van der Waals surface area (Å²) in [4.78, 5) is 27.5. The summed E-state index contributed by atoms with van der Waals surface area (Å²) < 4.78 is 0.739. The second-order valence-electron chi connectivity index (χ2n) is 7.08. The number of ketones is 1. The molecule has 1 amide bonds. The average molecular weight is 428 g/mol. The molecule has 0 aromatic heterocycles. The van der Waals surface area contributed by atoms with Gasteiger partial charge >= 0.3 is 0 Å². The Labute approximate surface area is 167 Å². The molecule has 1 aliphatic rings. The molecule has 2 aromatic carbocycles. The van der Waals surface area contributed by atoms with Crippen molar-refractivity contribution in [2.24, 2.45) is 0 Å². The van der Waals surface area contributed by atoms with Gasteiger partial charge in [-0.05, 0) is 61.7 Å². The van der Waals surface area contributed by atoms with Gasteiger partial charge in [0.25, 0.3) is 5.91 Å². The first-order valence-electron chi connectivity index (χ1n) is 8.75. The number of aryl methyl sites for hydroxylation is 3. The zero-order chi connectivity index (χ0) is 19.9. The molecule has 0 radical (unpaired) electrons. The van der Waals surface area contributed by atoms with Crippen molar-refractivity contribution < 1.29 is 14.7 Å². The van der Waals surface area contributed by atoms with Crippen LogP contribution in [0.5, 0.6) is 0 Å². The van der Waals surface area contributed by atoms with E-state index in [1.807, 2.05) is 39.0 Å². The van der Waals surface area contributed by atoms with E-state index < -0.39 is 11.5 Å². The fourth-order valence-electron chi connectivity index (χ4n) is 3.59. The third kappa shape index (κ3) is 3.26. The van der Waals surface area contributed by atoms with Crippen LogP contribution in [0.15, 0.2) is 47.5 Å². The molecule has 2 aromatic rings. The fraction of sp³-hybridized carbons (Fsp3) is 0.273. The second kappa shape index (κ2) is 7.06. The minimum Gasteiger partial charge on any atom is -0.375 e. The number of benzene rings is 2. The molecule has 0 bridgehead atoms. The maximum Gasteiger partial charge on any atom is 0.264 e. The predicted molar refractivity (Wildman–Crippen MR) is 110 cm³/mol. The molecule has 0 aliphatic carbocycles.